The van der Waals surface area contributed by atoms with E-state index in [9.17, 15) is 0 Å². The Bertz CT molecular complexity index is 137. The average molecular weight is 268 g/mol. The van der Waals surface area contributed by atoms with E-state index < -0.39 is 0 Å². The highest BCUT2D eigenvalue weighted by atomic mass is 127. The van der Waals surface area contributed by atoms with Crippen LogP contribution in [-0.4, -0.2) is 22.9 Å². The zero-order valence-corrected chi connectivity index (χ0v) is 8.78. The zero-order chi connectivity index (χ0) is 7.84. The van der Waals surface area contributed by atoms with E-state index in [1.165, 1.54) is 12.8 Å². The molecule has 2 heterocycles. The van der Waals surface area contributed by atoms with E-state index in [2.05, 4.69) is 29.5 Å². The summed E-state index contributed by atoms with van der Waals surface area (Å²) in [6, 6.07) is 0. The molecule has 4 unspecified atom stereocenters. The van der Waals surface area contributed by atoms with Gasteiger partial charge in [0.05, 0.1) is 12.2 Å². The molecule has 4 atom stereocenters. The van der Waals surface area contributed by atoms with Gasteiger partial charge in [-0.15, -0.1) is 0 Å². The van der Waals surface area contributed by atoms with Crippen molar-refractivity contribution in [2.45, 2.75) is 38.3 Å². The highest BCUT2D eigenvalue weighted by Crippen LogP contribution is 2.38. The number of ether oxygens (including phenoxy) is 2. The van der Waals surface area contributed by atoms with Crippen LogP contribution >= 0.6 is 22.6 Å². The van der Waals surface area contributed by atoms with Gasteiger partial charge in [0.2, 0.25) is 0 Å². The Kier molecular flexibility index (Phi) is 2.39. The van der Waals surface area contributed by atoms with Gasteiger partial charge in [-0.25, -0.2) is 0 Å². The van der Waals surface area contributed by atoms with Crippen LogP contribution in [0.2, 0.25) is 0 Å². The van der Waals surface area contributed by atoms with Gasteiger partial charge in [-0.3, -0.25) is 0 Å². The highest BCUT2D eigenvalue weighted by molar-refractivity contribution is 14.1. The van der Waals surface area contributed by atoms with Crippen molar-refractivity contribution in [2.24, 2.45) is 5.92 Å². The molecule has 0 bridgehead atoms. The van der Waals surface area contributed by atoms with Crippen molar-refractivity contribution in [1.82, 2.24) is 0 Å². The Morgan fingerprint density at radius 2 is 2.18 bits per heavy atom. The van der Waals surface area contributed by atoms with Gasteiger partial charge in [0.25, 0.3) is 0 Å². The smallest absolute Gasteiger partial charge is 0.161 e. The summed E-state index contributed by atoms with van der Waals surface area (Å²) in [6.07, 6.45) is 3.40. The fraction of sp³-hybridized carbons (Fsp3) is 1.00. The summed E-state index contributed by atoms with van der Waals surface area (Å²) in [6.45, 7) is 2.13. The molecule has 2 saturated heterocycles. The van der Waals surface area contributed by atoms with Crippen LogP contribution in [-0.2, 0) is 9.47 Å². The van der Waals surface area contributed by atoms with Crippen molar-refractivity contribution in [3.05, 3.63) is 0 Å². The molecule has 2 fully saturated rings. The van der Waals surface area contributed by atoms with E-state index in [-0.39, 0.29) is 6.29 Å². The Labute approximate surface area is 80.8 Å². The van der Waals surface area contributed by atoms with Crippen molar-refractivity contribution in [3.63, 3.8) is 0 Å². The Balaban J connectivity index is 1.93. The molecule has 0 spiro atoms. The number of hydrogen-bond acceptors (Lipinski definition) is 2. The summed E-state index contributed by atoms with van der Waals surface area (Å²) < 4.78 is 12.4. The monoisotopic (exact) mass is 268 g/mol. The molecular weight excluding hydrogens is 255 g/mol. The van der Waals surface area contributed by atoms with Gasteiger partial charge >= 0.3 is 0 Å². The summed E-state index contributed by atoms with van der Waals surface area (Å²) in [4.78, 5) is 0. The normalized spacial score (nSPS) is 49.6. The SMILES string of the molecule is CC1CC2CC(CI)OC2O1. The van der Waals surface area contributed by atoms with Gasteiger partial charge in [0, 0.05) is 10.3 Å². The molecule has 2 rings (SSSR count). The summed E-state index contributed by atoms with van der Waals surface area (Å²) in [7, 11) is 0. The van der Waals surface area contributed by atoms with Gasteiger partial charge in [-0.1, -0.05) is 22.6 Å². The molecule has 11 heavy (non-hydrogen) atoms. The van der Waals surface area contributed by atoms with Gasteiger partial charge in [-0.2, -0.15) is 0 Å². The molecule has 2 aliphatic heterocycles. The second-order valence-electron chi connectivity index (χ2n) is 3.46. The number of fused-ring (bicyclic) bond motifs is 1. The molecule has 0 radical (unpaired) electrons. The molecule has 0 saturated carbocycles. The van der Waals surface area contributed by atoms with E-state index >= 15 is 0 Å². The van der Waals surface area contributed by atoms with Crippen LogP contribution in [0, 0.1) is 5.92 Å². The van der Waals surface area contributed by atoms with Crippen LogP contribution < -0.4 is 0 Å². The molecule has 2 nitrogen and oxygen atoms in total. The van der Waals surface area contributed by atoms with Crippen molar-refractivity contribution >= 4 is 22.6 Å². The van der Waals surface area contributed by atoms with Crippen LogP contribution in [0.1, 0.15) is 19.8 Å². The predicted octanol–water partition coefficient (Wildman–Crippen LogP) is 1.96. The first kappa shape index (κ1) is 8.26. The third-order valence-electron chi connectivity index (χ3n) is 2.45. The lowest BCUT2D eigenvalue weighted by Crippen LogP contribution is -2.15. The standard InChI is InChI=1S/C8H13IO2/c1-5-2-6-3-7(4-9)11-8(6)10-5/h5-8H,2-4H2,1H3. The summed E-state index contributed by atoms with van der Waals surface area (Å²) in [5, 5.41) is 0. The highest BCUT2D eigenvalue weighted by Gasteiger charge is 2.41. The quantitative estimate of drug-likeness (QED) is 0.534. The molecule has 0 aromatic rings. The molecule has 0 aliphatic carbocycles. The fourth-order valence-electron chi connectivity index (χ4n) is 1.97. The molecule has 2 aliphatic rings. The van der Waals surface area contributed by atoms with Crippen molar-refractivity contribution < 1.29 is 9.47 Å². The third kappa shape index (κ3) is 1.55. The minimum Gasteiger partial charge on any atom is -0.349 e. The second-order valence-corrected chi connectivity index (χ2v) is 4.34. The maximum Gasteiger partial charge on any atom is 0.161 e. The first-order valence-electron chi connectivity index (χ1n) is 4.16. The summed E-state index contributed by atoms with van der Waals surface area (Å²) in [5.41, 5.74) is 0. The number of hydrogen-bond donors (Lipinski definition) is 0. The van der Waals surface area contributed by atoms with Gasteiger partial charge in [-0.05, 0) is 19.8 Å². The summed E-state index contributed by atoms with van der Waals surface area (Å²) in [5.74, 6) is 0.685. The van der Waals surface area contributed by atoms with Crippen molar-refractivity contribution in [1.29, 1.82) is 0 Å². The first-order valence-corrected chi connectivity index (χ1v) is 5.69. The van der Waals surface area contributed by atoms with Gasteiger partial charge in [0.1, 0.15) is 0 Å². The Morgan fingerprint density at radius 1 is 1.36 bits per heavy atom. The maximum absolute atomic E-state index is 5.68. The molecule has 64 valence electrons. The van der Waals surface area contributed by atoms with E-state index in [1.54, 1.807) is 0 Å². The van der Waals surface area contributed by atoms with Crippen LogP contribution in [0.15, 0.2) is 0 Å². The van der Waals surface area contributed by atoms with Crippen LogP contribution in [0.4, 0.5) is 0 Å². The van der Waals surface area contributed by atoms with Crippen molar-refractivity contribution in [2.75, 3.05) is 4.43 Å². The van der Waals surface area contributed by atoms with Crippen molar-refractivity contribution in [3.8, 4) is 0 Å². The topological polar surface area (TPSA) is 18.5 Å². The minimum absolute atomic E-state index is 0.129. The van der Waals surface area contributed by atoms with Crippen LogP contribution in [0.25, 0.3) is 0 Å². The first-order chi connectivity index (χ1) is 5.29. The van der Waals surface area contributed by atoms with Gasteiger partial charge < -0.3 is 9.47 Å². The summed E-state index contributed by atoms with van der Waals surface area (Å²) >= 11 is 2.37. The average Bonchev–Trinajstić information content (AvgIpc) is 2.43. The van der Waals surface area contributed by atoms with Crippen LogP contribution in [0.5, 0.6) is 0 Å². The Hall–Kier alpha value is 0.650. The molecule has 0 N–H and O–H groups in total. The number of halogens is 1. The lowest BCUT2D eigenvalue weighted by molar-refractivity contribution is -0.130. The van der Waals surface area contributed by atoms with Crippen LogP contribution in [0.3, 0.4) is 0 Å². The fourth-order valence-corrected chi connectivity index (χ4v) is 2.53. The maximum atomic E-state index is 5.68. The molecule has 0 aromatic carbocycles. The predicted molar refractivity (Wildman–Crippen MR) is 50.8 cm³/mol. The second kappa shape index (κ2) is 3.18. The third-order valence-corrected chi connectivity index (χ3v) is 3.43. The lowest BCUT2D eigenvalue weighted by Gasteiger charge is -2.11. The molecule has 0 aromatic heterocycles. The van der Waals surface area contributed by atoms with Gasteiger partial charge in [0.15, 0.2) is 6.29 Å². The van der Waals surface area contributed by atoms with E-state index in [0.717, 1.165) is 4.43 Å². The molecular formula is C8H13IO2. The number of rotatable bonds is 1. The van der Waals surface area contributed by atoms with E-state index in [4.69, 9.17) is 9.47 Å². The largest absolute Gasteiger partial charge is 0.349 e. The number of alkyl halides is 1. The Morgan fingerprint density at radius 3 is 2.82 bits per heavy atom. The molecule has 0 amide bonds. The zero-order valence-electron chi connectivity index (χ0n) is 6.63. The van der Waals surface area contributed by atoms with E-state index in [1.807, 2.05) is 0 Å². The minimum atomic E-state index is 0.129. The lowest BCUT2D eigenvalue weighted by atomic mass is 10.0. The molecule has 3 heteroatoms. The van der Waals surface area contributed by atoms with E-state index in [0.29, 0.717) is 18.1 Å².